The Hall–Kier alpha value is -1.60. The van der Waals surface area contributed by atoms with Crippen molar-refractivity contribution in [3.63, 3.8) is 0 Å². The number of hydrogen-bond acceptors (Lipinski definition) is 6. The number of aromatic nitrogens is 2. The lowest BCUT2D eigenvalue weighted by Crippen LogP contribution is -2.35. The van der Waals surface area contributed by atoms with Gasteiger partial charge < -0.3 is 16.4 Å². The highest BCUT2D eigenvalue weighted by molar-refractivity contribution is 9.10. The van der Waals surface area contributed by atoms with Crippen molar-refractivity contribution in [1.82, 2.24) is 9.97 Å². The Labute approximate surface area is 243 Å². The van der Waals surface area contributed by atoms with Gasteiger partial charge >= 0.3 is 0 Å². The number of nitrogens with one attached hydrogen (secondary N) is 2. The standard InChI is InChI=1S/C13H15BrClN3O.C13H13BrClN3/c1-12(11(16)19)2-3-13(5-12)6-18-10-8(13)9(15)7(14)4-17-10;1-12(6-16)2-3-13(5-12)7-18-11-9(13)10(15)8(14)4-17-11/h4H,2-3,5-6H2,1H3,(H2,16,19)(H,17,18);4H,2-3,5,7H2,1H3,(H,17,18)/t2*12-,13-/m00/s1. The van der Waals surface area contributed by atoms with Crippen molar-refractivity contribution in [3.8, 4) is 6.07 Å². The van der Waals surface area contributed by atoms with Gasteiger partial charge in [0.1, 0.15) is 11.6 Å². The fraction of sp³-hybridized carbons (Fsp3) is 0.538. The first-order valence-electron chi connectivity index (χ1n) is 12.3. The number of carbonyl (C=O) groups excluding carboxylic acids is 1. The number of hydrogen-bond donors (Lipinski definition) is 3. The van der Waals surface area contributed by atoms with E-state index in [1.807, 2.05) is 13.8 Å². The maximum absolute atomic E-state index is 11.7. The average Bonchev–Trinajstić information content (AvgIpc) is 3.61. The van der Waals surface area contributed by atoms with Crippen molar-refractivity contribution < 1.29 is 4.79 Å². The molecule has 2 aliphatic heterocycles. The van der Waals surface area contributed by atoms with E-state index >= 15 is 0 Å². The van der Waals surface area contributed by atoms with Crippen LogP contribution in [-0.4, -0.2) is 29.0 Å². The van der Waals surface area contributed by atoms with Crippen LogP contribution in [0.3, 0.4) is 0 Å². The SMILES string of the molecule is C[C@]1(C#N)CC[C@@]2(CNc3ncc(Br)c(Cl)c32)C1.C[C@]1(C(N)=O)CC[C@@]2(CNc3ncc(Br)c(Cl)c32)C1. The first-order chi connectivity index (χ1) is 17.4. The molecule has 0 radical (unpaired) electrons. The molecular formula is C26H28Br2Cl2N6O. The molecule has 4 N–H and O–H groups in total. The van der Waals surface area contributed by atoms with E-state index in [1.54, 1.807) is 12.4 Å². The topological polar surface area (TPSA) is 117 Å². The molecule has 2 aliphatic carbocycles. The van der Waals surface area contributed by atoms with E-state index < -0.39 is 5.41 Å². The van der Waals surface area contributed by atoms with Crippen molar-refractivity contribution in [3.05, 3.63) is 42.5 Å². The third-order valence-corrected chi connectivity index (χ3v) is 11.3. The van der Waals surface area contributed by atoms with Gasteiger partial charge in [-0.05, 0) is 77.3 Å². The second-order valence-corrected chi connectivity index (χ2v) is 14.0. The molecule has 0 unspecified atom stereocenters. The molecule has 196 valence electrons. The number of pyridine rings is 2. The highest BCUT2D eigenvalue weighted by Crippen LogP contribution is 2.58. The van der Waals surface area contributed by atoms with Crippen LogP contribution in [0.1, 0.15) is 63.5 Å². The number of fused-ring (bicyclic) bond motifs is 4. The number of primary amides is 1. The van der Waals surface area contributed by atoms with Gasteiger partial charge in [-0.3, -0.25) is 4.79 Å². The number of amides is 1. The largest absolute Gasteiger partial charge is 0.369 e. The highest BCUT2D eigenvalue weighted by Gasteiger charge is 2.54. The van der Waals surface area contributed by atoms with Gasteiger partial charge in [-0.1, -0.05) is 30.1 Å². The number of anilines is 2. The van der Waals surface area contributed by atoms with Crippen LogP contribution in [0.4, 0.5) is 11.6 Å². The van der Waals surface area contributed by atoms with Crippen LogP contribution in [-0.2, 0) is 15.6 Å². The van der Waals surface area contributed by atoms with Gasteiger partial charge in [-0.2, -0.15) is 5.26 Å². The van der Waals surface area contributed by atoms with E-state index in [0.29, 0.717) is 5.02 Å². The minimum Gasteiger partial charge on any atom is -0.369 e. The minimum absolute atomic E-state index is 0.0202. The van der Waals surface area contributed by atoms with Gasteiger partial charge in [0.05, 0.1) is 30.5 Å². The molecule has 6 rings (SSSR count). The maximum atomic E-state index is 11.7. The number of nitrogens with two attached hydrogens (primary N) is 1. The smallest absolute Gasteiger partial charge is 0.223 e. The fourth-order valence-electron chi connectivity index (χ4n) is 6.76. The Morgan fingerprint density at radius 2 is 1.43 bits per heavy atom. The molecule has 4 heterocycles. The number of carbonyl (C=O) groups is 1. The molecule has 37 heavy (non-hydrogen) atoms. The summed E-state index contributed by atoms with van der Waals surface area (Å²) in [5.41, 5.74) is 6.86. The predicted octanol–water partition coefficient (Wildman–Crippen LogP) is 6.71. The number of nitriles is 1. The summed E-state index contributed by atoms with van der Waals surface area (Å²) in [6.45, 7) is 5.59. The summed E-state index contributed by atoms with van der Waals surface area (Å²) in [5, 5.41) is 17.4. The van der Waals surface area contributed by atoms with Gasteiger partial charge in [0.2, 0.25) is 5.91 Å². The van der Waals surface area contributed by atoms with Gasteiger partial charge in [-0.25, -0.2) is 9.97 Å². The first kappa shape index (κ1) is 27.0. The van der Waals surface area contributed by atoms with Crippen LogP contribution in [0.2, 0.25) is 10.0 Å². The first-order valence-corrected chi connectivity index (χ1v) is 14.6. The number of rotatable bonds is 1. The van der Waals surface area contributed by atoms with Crippen molar-refractivity contribution in [2.45, 2.75) is 63.2 Å². The molecule has 11 heteroatoms. The van der Waals surface area contributed by atoms with Crippen LogP contribution in [0, 0.1) is 22.2 Å². The highest BCUT2D eigenvalue weighted by atomic mass is 79.9. The molecule has 1 amide bonds. The van der Waals surface area contributed by atoms with Gasteiger partial charge in [0.25, 0.3) is 0 Å². The van der Waals surface area contributed by atoms with Crippen molar-refractivity contribution in [2.75, 3.05) is 23.7 Å². The van der Waals surface area contributed by atoms with E-state index in [-0.39, 0.29) is 22.2 Å². The minimum atomic E-state index is -0.449. The molecule has 2 aromatic rings. The molecule has 7 nitrogen and oxygen atoms in total. The molecule has 0 aromatic carbocycles. The number of halogens is 4. The van der Waals surface area contributed by atoms with Gasteiger partial charge in [0, 0.05) is 52.9 Å². The molecule has 2 saturated carbocycles. The van der Waals surface area contributed by atoms with Gasteiger partial charge in [-0.15, -0.1) is 0 Å². The molecular weight excluding hydrogens is 643 g/mol. The normalized spacial score (nSPS) is 32.8. The average molecular weight is 671 g/mol. The quantitative estimate of drug-likeness (QED) is 0.311. The summed E-state index contributed by atoms with van der Waals surface area (Å²) in [4.78, 5) is 20.4. The van der Waals surface area contributed by atoms with Crippen LogP contribution in [0.25, 0.3) is 0 Å². The Morgan fingerprint density at radius 3 is 1.86 bits per heavy atom. The molecule has 2 fully saturated rings. The van der Waals surface area contributed by atoms with E-state index in [2.05, 4.69) is 58.5 Å². The van der Waals surface area contributed by atoms with Crippen molar-refractivity contribution in [1.29, 1.82) is 5.26 Å². The van der Waals surface area contributed by atoms with E-state index in [4.69, 9.17) is 28.9 Å². The lowest BCUT2D eigenvalue weighted by atomic mass is 9.77. The van der Waals surface area contributed by atoms with E-state index in [1.165, 1.54) is 0 Å². The lowest BCUT2D eigenvalue weighted by molar-refractivity contribution is -0.126. The van der Waals surface area contributed by atoms with Crippen LogP contribution >= 0.6 is 55.1 Å². The Kier molecular flexibility index (Phi) is 6.75. The van der Waals surface area contributed by atoms with E-state index in [0.717, 1.165) is 88.3 Å². The summed E-state index contributed by atoms with van der Waals surface area (Å²) in [6, 6.07) is 2.45. The molecule has 4 aliphatic rings. The zero-order valence-electron chi connectivity index (χ0n) is 20.7. The van der Waals surface area contributed by atoms with Crippen molar-refractivity contribution in [2.24, 2.45) is 16.6 Å². The zero-order chi connectivity index (χ0) is 26.8. The second kappa shape index (κ2) is 9.25. The second-order valence-electron chi connectivity index (χ2n) is 11.5. The predicted molar refractivity (Wildman–Crippen MR) is 153 cm³/mol. The van der Waals surface area contributed by atoms with Crippen molar-refractivity contribution >= 4 is 72.6 Å². The summed E-state index contributed by atoms with van der Waals surface area (Å²) in [7, 11) is 0. The van der Waals surface area contributed by atoms with Gasteiger partial charge in [0.15, 0.2) is 0 Å². The fourth-order valence-corrected chi connectivity index (χ4v) is 8.04. The molecule has 4 atom stereocenters. The third kappa shape index (κ3) is 4.32. The summed E-state index contributed by atoms with van der Waals surface area (Å²) in [5.74, 6) is 1.49. The van der Waals surface area contributed by atoms with Crippen LogP contribution in [0.5, 0.6) is 0 Å². The summed E-state index contributed by atoms with van der Waals surface area (Å²) >= 11 is 19.7. The van der Waals surface area contributed by atoms with Crippen LogP contribution < -0.4 is 16.4 Å². The Bertz CT molecular complexity index is 1350. The summed E-state index contributed by atoms with van der Waals surface area (Å²) in [6.07, 6.45) is 8.64. The molecule has 0 bridgehead atoms. The van der Waals surface area contributed by atoms with E-state index in [9.17, 15) is 10.1 Å². The zero-order valence-corrected chi connectivity index (χ0v) is 25.3. The Morgan fingerprint density at radius 1 is 0.946 bits per heavy atom. The molecule has 0 saturated heterocycles. The maximum Gasteiger partial charge on any atom is 0.223 e. The monoisotopic (exact) mass is 668 g/mol. The number of nitrogens with zero attached hydrogens (tertiary/aromatic N) is 3. The third-order valence-electron chi connectivity index (χ3n) is 8.83. The molecule has 2 spiro atoms. The lowest BCUT2D eigenvalue weighted by Gasteiger charge is -2.27. The Balaban J connectivity index is 0.000000152. The summed E-state index contributed by atoms with van der Waals surface area (Å²) < 4.78 is 1.63. The van der Waals surface area contributed by atoms with Crippen LogP contribution in [0.15, 0.2) is 21.3 Å². The molecule has 2 aromatic heterocycles.